The Kier molecular flexibility index (Phi) is 3.33. The van der Waals surface area contributed by atoms with Gasteiger partial charge in [0, 0.05) is 0 Å². The van der Waals surface area contributed by atoms with Gasteiger partial charge in [0.1, 0.15) is 11.5 Å². The van der Waals surface area contributed by atoms with Crippen LogP contribution in [-0.4, -0.2) is 10.9 Å². The lowest BCUT2D eigenvalue weighted by Crippen LogP contribution is -2.14. The molecule has 2 aromatic rings. The monoisotopic (exact) mass is 260 g/mol. The molecule has 0 atom stereocenters. The van der Waals surface area contributed by atoms with Crippen molar-refractivity contribution in [2.75, 3.05) is 11.1 Å². The summed E-state index contributed by atoms with van der Waals surface area (Å²) in [5.74, 6) is -0.873. The molecule has 0 aliphatic heterocycles. The smallest absolute Gasteiger partial charge is 0.267 e. The highest BCUT2D eigenvalue weighted by atomic mass is 19.1. The number of rotatable bonds is 3. The highest BCUT2D eigenvalue weighted by Gasteiger charge is 2.10. The number of pyridine rings is 1. The molecular weight excluding hydrogens is 247 g/mol. The van der Waals surface area contributed by atoms with Crippen LogP contribution < -0.4 is 16.8 Å². The first-order chi connectivity index (χ1) is 8.99. The zero-order valence-electron chi connectivity index (χ0n) is 10.3. The molecule has 0 radical (unpaired) electrons. The first-order valence-corrected chi connectivity index (χ1v) is 5.57. The summed E-state index contributed by atoms with van der Waals surface area (Å²) in [4.78, 5) is 15.0. The Morgan fingerprint density at radius 3 is 2.74 bits per heavy atom. The van der Waals surface area contributed by atoms with E-state index in [2.05, 4.69) is 10.3 Å². The lowest BCUT2D eigenvalue weighted by Gasteiger charge is -2.11. The van der Waals surface area contributed by atoms with E-state index in [0.717, 1.165) is 0 Å². The fraction of sp³-hybridized carbons (Fsp3) is 0.0769. The fourth-order valence-electron chi connectivity index (χ4n) is 1.58. The van der Waals surface area contributed by atoms with Gasteiger partial charge in [-0.05, 0) is 30.7 Å². The van der Waals surface area contributed by atoms with Crippen molar-refractivity contribution in [2.24, 2.45) is 5.73 Å². The Hall–Kier alpha value is -2.63. The zero-order chi connectivity index (χ0) is 14.0. The second-order valence-corrected chi connectivity index (χ2v) is 4.06. The van der Waals surface area contributed by atoms with Gasteiger partial charge in [0.05, 0.1) is 11.4 Å². The molecule has 0 spiro atoms. The Balaban J connectivity index is 2.40. The molecule has 19 heavy (non-hydrogen) atoms. The van der Waals surface area contributed by atoms with Gasteiger partial charge >= 0.3 is 0 Å². The number of aromatic nitrogens is 1. The van der Waals surface area contributed by atoms with Crippen molar-refractivity contribution in [1.82, 2.24) is 4.98 Å². The van der Waals surface area contributed by atoms with Gasteiger partial charge in [-0.1, -0.05) is 12.1 Å². The molecule has 1 aromatic heterocycles. The van der Waals surface area contributed by atoms with E-state index in [1.54, 1.807) is 25.1 Å². The third-order valence-electron chi connectivity index (χ3n) is 2.62. The van der Waals surface area contributed by atoms with Crippen molar-refractivity contribution in [3.05, 3.63) is 47.4 Å². The maximum Gasteiger partial charge on any atom is 0.267 e. The fourth-order valence-corrected chi connectivity index (χ4v) is 1.58. The number of nitrogens with zero attached hydrogens (tertiary/aromatic N) is 1. The highest BCUT2D eigenvalue weighted by Crippen LogP contribution is 2.24. The van der Waals surface area contributed by atoms with E-state index in [1.165, 1.54) is 12.1 Å². The number of nitrogen functional groups attached to an aromatic ring is 1. The van der Waals surface area contributed by atoms with Crippen LogP contribution in [-0.2, 0) is 0 Å². The molecule has 98 valence electrons. The summed E-state index contributed by atoms with van der Waals surface area (Å²) in [6.07, 6.45) is 0. The van der Waals surface area contributed by atoms with Crippen LogP contribution in [0.15, 0.2) is 30.3 Å². The van der Waals surface area contributed by atoms with Gasteiger partial charge in [-0.3, -0.25) is 4.79 Å². The number of hydrogen-bond donors (Lipinski definition) is 3. The maximum atomic E-state index is 13.9. The molecule has 1 amide bonds. The van der Waals surface area contributed by atoms with Gasteiger partial charge in [0.2, 0.25) is 0 Å². The predicted molar refractivity (Wildman–Crippen MR) is 71.6 cm³/mol. The van der Waals surface area contributed by atoms with Crippen LogP contribution in [0.1, 0.15) is 16.1 Å². The molecule has 0 saturated heterocycles. The minimum absolute atomic E-state index is 0.0600. The summed E-state index contributed by atoms with van der Waals surface area (Å²) in [5, 5.41) is 2.76. The molecule has 1 aromatic carbocycles. The number of nitrogens with one attached hydrogen (secondary N) is 1. The Morgan fingerprint density at radius 1 is 1.32 bits per heavy atom. The molecule has 6 heteroatoms. The standard InChI is InChI=1S/C13H13FN4O/c1-7-3-2-4-9(11(7)14)17-13-8(15)5-6-10(18-13)12(16)19/h2-6H,15H2,1H3,(H2,16,19)(H,17,18). The second-order valence-electron chi connectivity index (χ2n) is 4.06. The van der Waals surface area contributed by atoms with Crippen molar-refractivity contribution in [1.29, 1.82) is 0 Å². The molecule has 0 bridgehead atoms. The van der Waals surface area contributed by atoms with E-state index in [9.17, 15) is 9.18 Å². The minimum atomic E-state index is -0.673. The number of aryl methyl sites for hydroxylation is 1. The number of anilines is 3. The van der Waals surface area contributed by atoms with Crippen LogP contribution in [0.2, 0.25) is 0 Å². The SMILES string of the molecule is Cc1cccc(Nc2nc(C(N)=O)ccc2N)c1F. The third kappa shape index (κ3) is 2.62. The second kappa shape index (κ2) is 4.93. The van der Waals surface area contributed by atoms with Crippen molar-refractivity contribution in [2.45, 2.75) is 6.92 Å². The van der Waals surface area contributed by atoms with E-state index >= 15 is 0 Å². The van der Waals surface area contributed by atoms with Crippen molar-refractivity contribution >= 4 is 23.1 Å². The van der Waals surface area contributed by atoms with Crippen molar-refractivity contribution in [3.8, 4) is 0 Å². The van der Waals surface area contributed by atoms with Crippen molar-refractivity contribution in [3.63, 3.8) is 0 Å². The average Bonchev–Trinajstić information content (AvgIpc) is 2.37. The van der Waals surface area contributed by atoms with E-state index in [-0.39, 0.29) is 17.2 Å². The van der Waals surface area contributed by atoms with Crippen LogP contribution in [0.4, 0.5) is 21.6 Å². The lowest BCUT2D eigenvalue weighted by molar-refractivity contribution is 0.0996. The van der Waals surface area contributed by atoms with Gasteiger partial charge in [0.15, 0.2) is 5.82 Å². The van der Waals surface area contributed by atoms with Gasteiger partial charge in [0.25, 0.3) is 5.91 Å². The third-order valence-corrected chi connectivity index (χ3v) is 2.62. The number of carbonyl (C=O) groups excluding carboxylic acids is 1. The van der Waals surface area contributed by atoms with Crippen molar-refractivity contribution < 1.29 is 9.18 Å². The van der Waals surface area contributed by atoms with E-state index in [1.807, 2.05) is 0 Å². The first-order valence-electron chi connectivity index (χ1n) is 5.57. The number of nitrogens with two attached hydrogens (primary N) is 2. The number of benzene rings is 1. The lowest BCUT2D eigenvalue weighted by atomic mass is 10.2. The number of amides is 1. The van der Waals surface area contributed by atoms with Crippen LogP contribution in [0.25, 0.3) is 0 Å². The van der Waals surface area contributed by atoms with Gasteiger partial charge in [-0.15, -0.1) is 0 Å². The Morgan fingerprint density at radius 2 is 2.05 bits per heavy atom. The summed E-state index contributed by atoms with van der Waals surface area (Å²) >= 11 is 0. The van der Waals surface area contributed by atoms with Crippen LogP contribution >= 0.6 is 0 Å². The molecule has 0 aliphatic rings. The highest BCUT2D eigenvalue weighted by molar-refractivity contribution is 5.92. The number of halogens is 1. The summed E-state index contributed by atoms with van der Waals surface area (Å²) in [6, 6.07) is 7.81. The minimum Gasteiger partial charge on any atom is -0.396 e. The zero-order valence-corrected chi connectivity index (χ0v) is 10.3. The molecule has 2 rings (SSSR count). The van der Waals surface area contributed by atoms with Crippen LogP contribution in [0.3, 0.4) is 0 Å². The topological polar surface area (TPSA) is 94.0 Å². The quantitative estimate of drug-likeness (QED) is 0.786. The molecule has 0 saturated carbocycles. The molecule has 0 fully saturated rings. The number of carbonyl (C=O) groups is 1. The van der Waals surface area contributed by atoms with Gasteiger partial charge in [-0.2, -0.15) is 0 Å². The number of primary amides is 1. The van der Waals surface area contributed by atoms with Gasteiger partial charge < -0.3 is 16.8 Å². The first kappa shape index (κ1) is 12.8. The Bertz CT molecular complexity index is 643. The normalized spacial score (nSPS) is 10.2. The largest absolute Gasteiger partial charge is 0.396 e. The van der Waals surface area contributed by atoms with Gasteiger partial charge in [-0.25, -0.2) is 9.37 Å². The summed E-state index contributed by atoms with van der Waals surface area (Å²) in [7, 11) is 0. The molecule has 5 nitrogen and oxygen atoms in total. The van der Waals surface area contributed by atoms with Crippen LogP contribution in [0.5, 0.6) is 0 Å². The van der Waals surface area contributed by atoms with Crippen LogP contribution in [0, 0.1) is 12.7 Å². The predicted octanol–water partition coefficient (Wildman–Crippen LogP) is 1.95. The average molecular weight is 260 g/mol. The molecule has 1 heterocycles. The van der Waals surface area contributed by atoms with E-state index in [0.29, 0.717) is 11.3 Å². The summed E-state index contributed by atoms with van der Waals surface area (Å²) in [5.41, 5.74) is 12.0. The number of hydrogen-bond acceptors (Lipinski definition) is 4. The molecule has 0 unspecified atom stereocenters. The molecular formula is C13H13FN4O. The van der Waals surface area contributed by atoms with E-state index < -0.39 is 11.7 Å². The maximum absolute atomic E-state index is 13.9. The molecule has 5 N–H and O–H groups in total. The Labute approximate surface area is 109 Å². The summed E-state index contributed by atoms with van der Waals surface area (Å²) in [6.45, 7) is 1.65. The molecule has 0 aliphatic carbocycles. The van der Waals surface area contributed by atoms with E-state index in [4.69, 9.17) is 11.5 Å². The summed E-state index contributed by atoms with van der Waals surface area (Å²) < 4.78 is 13.9.